The van der Waals surface area contributed by atoms with E-state index in [1.807, 2.05) is 12.1 Å². The van der Waals surface area contributed by atoms with Gasteiger partial charge in [-0.1, -0.05) is 41.1 Å². The molecule has 1 aliphatic heterocycles. The van der Waals surface area contributed by atoms with E-state index >= 15 is 0 Å². The molecule has 0 aliphatic carbocycles. The maximum absolute atomic E-state index is 13.3. The Morgan fingerprint density at radius 3 is 2.48 bits per heavy atom. The summed E-state index contributed by atoms with van der Waals surface area (Å²) in [6, 6.07) is 16.4. The van der Waals surface area contributed by atoms with Crippen LogP contribution in [0.15, 0.2) is 64.5 Å². The molecule has 0 saturated carbocycles. The van der Waals surface area contributed by atoms with Crippen LogP contribution in [0.2, 0.25) is 5.02 Å². The highest BCUT2D eigenvalue weighted by Gasteiger charge is 2.26. The van der Waals surface area contributed by atoms with Crippen LogP contribution in [0.25, 0.3) is 0 Å². The van der Waals surface area contributed by atoms with Gasteiger partial charge in [-0.15, -0.1) is 10.2 Å². The molecule has 0 unspecified atom stereocenters. The van der Waals surface area contributed by atoms with Crippen LogP contribution >= 0.6 is 23.4 Å². The Labute approximate surface area is 190 Å². The highest BCUT2D eigenvalue weighted by Crippen LogP contribution is 2.28. The molecule has 1 N–H and O–H groups in total. The van der Waals surface area contributed by atoms with Crippen molar-refractivity contribution in [2.24, 2.45) is 5.92 Å². The van der Waals surface area contributed by atoms with Gasteiger partial charge in [-0.25, -0.2) is 4.39 Å². The molecule has 1 saturated heterocycles. The number of benzene rings is 2. The molecule has 3 aromatic rings. The smallest absolute Gasteiger partial charge is 0.227 e. The molecule has 1 amide bonds. The molecule has 160 valence electrons. The van der Waals surface area contributed by atoms with Gasteiger partial charge in [0.05, 0.1) is 5.02 Å². The second-order valence-corrected chi connectivity index (χ2v) is 9.03. The molecule has 2 heterocycles. The minimum absolute atomic E-state index is 0.00446. The van der Waals surface area contributed by atoms with E-state index in [2.05, 4.69) is 51.6 Å². The van der Waals surface area contributed by atoms with Crippen LogP contribution < -0.4 is 10.2 Å². The van der Waals surface area contributed by atoms with Crippen molar-refractivity contribution in [1.82, 2.24) is 10.2 Å². The van der Waals surface area contributed by atoms with E-state index in [4.69, 9.17) is 11.6 Å². The van der Waals surface area contributed by atoms with Gasteiger partial charge in [0.2, 0.25) is 5.91 Å². The van der Waals surface area contributed by atoms with Crippen molar-refractivity contribution in [1.29, 1.82) is 0 Å². The summed E-state index contributed by atoms with van der Waals surface area (Å²) < 4.78 is 13.3. The summed E-state index contributed by atoms with van der Waals surface area (Å²) in [6.07, 6.45) is 1.42. The summed E-state index contributed by atoms with van der Waals surface area (Å²) in [5.74, 6) is 0.137. The van der Waals surface area contributed by atoms with Crippen LogP contribution in [0.3, 0.4) is 0 Å². The minimum atomic E-state index is -0.502. The van der Waals surface area contributed by atoms with Crippen molar-refractivity contribution in [3.05, 3.63) is 71.0 Å². The molecular weight excluding hydrogens is 435 g/mol. The van der Waals surface area contributed by atoms with Crippen molar-refractivity contribution in [2.75, 3.05) is 23.3 Å². The molecule has 4 rings (SSSR count). The zero-order valence-electron chi connectivity index (χ0n) is 17.0. The number of nitrogens with zero attached hydrogens (tertiary/aromatic N) is 3. The summed E-state index contributed by atoms with van der Waals surface area (Å²) in [5.41, 5.74) is 1.73. The Morgan fingerprint density at radius 2 is 1.84 bits per heavy atom. The zero-order valence-corrected chi connectivity index (χ0v) is 18.6. The van der Waals surface area contributed by atoms with Crippen LogP contribution in [0.4, 0.5) is 15.9 Å². The lowest BCUT2D eigenvalue weighted by atomic mass is 9.96. The Bertz CT molecular complexity index is 1050. The lowest BCUT2D eigenvalue weighted by Gasteiger charge is -2.31. The highest BCUT2D eigenvalue weighted by molar-refractivity contribution is 7.99. The fourth-order valence-corrected chi connectivity index (χ4v) is 4.36. The van der Waals surface area contributed by atoms with Gasteiger partial charge >= 0.3 is 0 Å². The summed E-state index contributed by atoms with van der Waals surface area (Å²) in [6.45, 7) is 3.51. The van der Waals surface area contributed by atoms with Crippen LogP contribution in [-0.2, 0) is 4.79 Å². The Hall–Kier alpha value is -2.64. The average Bonchev–Trinajstić information content (AvgIpc) is 2.78. The lowest BCUT2D eigenvalue weighted by molar-refractivity contribution is -0.120. The van der Waals surface area contributed by atoms with Crippen molar-refractivity contribution in [3.63, 3.8) is 0 Å². The van der Waals surface area contributed by atoms with E-state index in [1.165, 1.54) is 23.8 Å². The first-order valence-corrected chi connectivity index (χ1v) is 11.3. The van der Waals surface area contributed by atoms with Gasteiger partial charge in [0.15, 0.2) is 5.82 Å². The number of rotatable bonds is 5. The predicted octanol–water partition coefficient (Wildman–Crippen LogP) is 5.58. The van der Waals surface area contributed by atoms with Crippen molar-refractivity contribution >= 4 is 40.8 Å². The van der Waals surface area contributed by atoms with Gasteiger partial charge in [0.25, 0.3) is 0 Å². The predicted molar refractivity (Wildman–Crippen MR) is 122 cm³/mol. The molecule has 31 heavy (non-hydrogen) atoms. The fraction of sp³-hybridized carbons (Fsp3) is 0.261. The van der Waals surface area contributed by atoms with Crippen molar-refractivity contribution in [2.45, 2.75) is 29.7 Å². The Morgan fingerprint density at radius 1 is 1.10 bits per heavy atom. The summed E-state index contributed by atoms with van der Waals surface area (Å²) in [4.78, 5) is 15.8. The fourth-order valence-electron chi connectivity index (χ4n) is 3.45. The molecule has 1 fully saturated rings. The largest absolute Gasteiger partial charge is 0.355 e. The van der Waals surface area contributed by atoms with Gasteiger partial charge in [-0.05, 0) is 62.2 Å². The number of anilines is 2. The number of amides is 1. The SMILES string of the molecule is Cc1ccc(Sc2ccc(N3CCC(C(=O)Nc4ccc(F)c(Cl)c4)CC3)nn2)cc1. The maximum atomic E-state index is 13.3. The molecule has 8 heteroatoms. The second-order valence-electron chi connectivity index (χ2n) is 7.52. The van der Waals surface area contributed by atoms with Crippen LogP contribution in [0.1, 0.15) is 18.4 Å². The number of aromatic nitrogens is 2. The third kappa shape index (κ3) is 5.54. The molecule has 0 radical (unpaired) electrons. The summed E-state index contributed by atoms with van der Waals surface area (Å²) in [5, 5.41) is 12.4. The number of carbonyl (C=O) groups excluding carboxylic acids is 1. The number of halogens is 2. The van der Waals surface area contributed by atoms with Crippen LogP contribution in [-0.4, -0.2) is 29.2 Å². The zero-order chi connectivity index (χ0) is 21.8. The van der Waals surface area contributed by atoms with Crippen molar-refractivity contribution in [3.8, 4) is 0 Å². The van der Waals surface area contributed by atoms with Gasteiger partial charge in [0, 0.05) is 29.6 Å². The molecule has 0 spiro atoms. The van der Waals surface area contributed by atoms with E-state index in [9.17, 15) is 9.18 Å². The van der Waals surface area contributed by atoms with Gasteiger partial charge in [-0.3, -0.25) is 4.79 Å². The number of hydrogen-bond donors (Lipinski definition) is 1. The third-order valence-electron chi connectivity index (χ3n) is 5.25. The van der Waals surface area contributed by atoms with Crippen molar-refractivity contribution < 1.29 is 9.18 Å². The normalized spacial score (nSPS) is 14.5. The summed E-state index contributed by atoms with van der Waals surface area (Å²) in [7, 11) is 0. The number of hydrogen-bond acceptors (Lipinski definition) is 5. The summed E-state index contributed by atoms with van der Waals surface area (Å²) >= 11 is 7.37. The first-order valence-electron chi connectivity index (χ1n) is 10.1. The van der Waals surface area contributed by atoms with E-state index < -0.39 is 5.82 Å². The maximum Gasteiger partial charge on any atom is 0.227 e. The van der Waals surface area contributed by atoms with E-state index in [1.54, 1.807) is 11.8 Å². The molecular formula is C23H22ClFN4OS. The van der Waals surface area contributed by atoms with Gasteiger partial charge in [-0.2, -0.15) is 0 Å². The highest BCUT2D eigenvalue weighted by atomic mass is 35.5. The topological polar surface area (TPSA) is 58.1 Å². The molecule has 0 bridgehead atoms. The number of carbonyl (C=O) groups is 1. The molecule has 2 aromatic carbocycles. The molecule has 5 nitrogen and oxygen atoms in total. The van der Waals surface area contributed by atoms with E-state index in [-0.39, 0.29) is 16.8 Å². The Balaban J connectivity index is 1.30. The monoisotopic (exact) mass is 456 g/mol. The van der Waals surface area contributed by atoms with Gasteiger partial charge in [0.1, 0.15) is 10.8 Å². The first-order chi connectivity index (χ1) is 15.0. The van der Waals surface area contributed by atoms with E-state index in [0.717, 1.165) is 28.8 Å². The number of aryl methyl sites for hydroxylation is 1. The minimum Gasteiger partial charge on any atom is -0.355 e. The Kier molecular flexibility index (Phi) is 6.73. The van der Waals surface area contributed by atoms with Gasteiger partial charge < -0.3 is 10.2 Å². The third-order valence-corrected chi connectivity index (χ3v) is 6.47. The first kappa shape index (κ1) is 21.6. The van der Waals surface area contributed by atoms with Crippen LogP contribution in [0.5, 0.6) is 0 Å². The molecule has 1 aliphatic rings. The quantitative estimate of drug-likeness (QED) is 0.542. The standard InChI is InChI=1S/C23H22ClFN4OS/c1-15-2-5-18(6-3-15)31-22-9-8-21(27-28-22)29-12-10-16(11-13-29)23(30)26-17-4-7-20(25)19(24)14-17/h2-9,14,16H,10-13H2,1H3,(H,26,30). The van der Waals surface area contributed by atoms with E-state index in [0.29, 0.717) is 18.5 Å². The number of nitrogens with one attached hydrogen (secondary N) is 1. The van der Waals surface area contributed by atoms with Crippen LogP contribution in [0, 0.1) is 18.7 Å². The molecule has 1 aromatic heterocycles. The molecule has 0 atom stereocenters. The lowest BCUT2D eigenvalue weighted by Crippen LogP contribution is -2.38. The number of piperidine rings is 1. The average molecular weight is 457 g/mol. The second kappa shape index (κ2) is 9.66.